The number of fused-ring (bicyclic) bond motifs is 3. The molecule has 1 fully saturated rings. The average Bonchev–Trinajstić information content (AvgIpc) is 3.45. The first-order chi connectivity index (χ1) is 14.4. The van der Waals surface area contributed by atoms with Crippen LogP contribution in [0.1, 0.15) is 37.9 Å². The Morgan fingerprint density at radius 1 is 1.43 bits per heavy atom. The van der Waals surface area contributed by atoms with E-state index < -0.39 is 12.0 Å². The number of halogens is 3. The fraction of sp³-hybridized carbons (Fsp3) is 0.400. The van der Waals surface area contributed by atoms with Crippen LogP contribution in [0.25, 0.3) is 27.8 Å². The van der Waals surface area contributed by atoms with E-state index in [0.717, 1.165) is 36.5 Å². The highest BCUT2D eigenvalue weighted by Crippen LogP contribution is 2.35. The minimum absolute atomic E-state index is 0.0144. The number of nitrogens with one attached hydrogen (secondary N) is 3. The third-order valence-electron chi connectivity index (χ3n) is 5.59. The maximum absolute atomic E-state index is 13.8. The first-order valence-electron chi connectivity index (χ1n) is 9.69. The van der Waals surface area contributed by atoms with Gasteiger partial charge in [0.05, 0.1) is 29.9 Å². The molecule has 1 saturated carbocycles. The number of aromatic nitrogens is 4. The van der Waals surface area contributed by atoms with Crippen molar-refractivity contribution < 1.29 is 13.2 Å². The van der Waals surface area contributed by atoms with Crippen LogP contribution in [-0.2, 0) is 6.18 Å². The van der Waals surface area contributed by atoms with E-state index in [1.165, 1.54) is 12.4 Å². The van der Waals surface area contributed by atoms with Gasteiger partial charge in [-0.15, -0.1) is 0 Å². The van der Waals surface area contributed by atoms with Gasteiger partial charge in [-0.1, -0.05) is 12.8 Å². The molecular weight excluding hydrogens is 395 g/mol. The summed E-state index contributed by atoms with van der Waals surface area (Å²) in [4.78, 5) is 10.8. The van der Waals surface area contributed by atoms with E-state index in [0.29, 0.717) is 11.0 Å². The predicted molar refractivity (Wildman–Crippen MR) is 107 cm³/mol. The van der Waals surface area contributed by atoms with Crippen LogP contribution >= 0.6 is 0 Å². The second-order valence-corrected chi connectivity index (χ2v) is 7.39. The molecule has 3 heterocycles. The molecule has 1 atom stereocenters. The molecule has 3 aromatic rings. The summed E-state index contributed by atoms with van der Waals surface area (Å²) < 4.78 is 42.3. The molecule has 30 heavy (non-hydrogen) atoms. The van der Waals surface area contributed by atoms with Crippen LogP contribution in [0.4, 0.5) is 13.2 Å². The van der Waals surface area contributed by atoms with Crippen molar-refractivity contribution in [3.8, 4) is 6.07 Å². The van der Waals surface area contributed by atoms with Crippen molar-refractivity contribution in [2.45, 2.75) is 44.3 Å². The smallest absolute Gasteiger partial charge is 0.385 e. The first kappa shape index (κ1) is 19.9. The van der Waals surface area contributed by atoms with E-state index in [2.05, 4.69) is 26.3 Å². The highest BCUT2D eigenvalue weighted by Gasteiger charge is 2.39. The van der Waals surface area contributed by atoms with Crippen LogP contribution in [0.3, 0.4) is 0 Å². The van der Waals surface area contributed by atoms with E-state index in [4.69, 9.17) is 10.7 Å². The van der Waals surface area contributed by atoms with E-state index >= 15 is 0 Å². The minimum atomic E-state index is -4.72. The minimum Gasteiger partial charge on any atom is -0.385 e. The first-order valence-corrected chi connectivity index (χ1v) is 9.69. The molecule has 3 N–H and O–H groups in total. The maximum Gasteiger partial charge on any atom is 0.450 e. The number of pyridine rings is 1. The summed E-state index contributed by atoms with van der Waals surface area (Å²) >= 11 is 0. The van der Waals surface area contributed by atoms with Gasteiger partial charge in [0.2, 0.25) is 5.82 Å². The number of hydrogen-bond acceptors (Lipinski definition) is 5. The molecule has 0 aliphatic heterocycles. The largest absolute Gasteiger partial charge is 0.450 e. The second kappa shape index (κ2) is 7.82. The van der Waals surface area contributed by atoms with Crippen molar-refractivity contribution in [3.63, 3.8) is 0 Å². The Morgan fingerprint density at radius 3 is 2.87 bits per heavy atom. The van der Waals surface area contributed by atoms with Crippen molar-refractivity contribution in [1.29, 1.82) is 10.7 Å². The van der Waals surface area contributed by atoms with Crippen LogP contribution in [0.5, 0.6) is 0 Å². The van der Waals surface area contributed by atoms with Crippen molar-refractivity contribution in [2.24, 2.45) is 5.92 Å². The molecule has 0 aromatic carbocycles. The van der Waals surface area contributed by atoms with E-state index in [-0.39, 0.29) is 35.1 Å². The number of nitriles is 1. The van der Waals surface area contributed by atoms with Gasteiger partial charge in [-0.3, -0.25) is 4.57 Å². The molecule has 1 unspecified atom stereocenters. The number of hydrogen-bond donors (Lipinski definition) is 3. The highest BCUT2D eigenvalue weighted by atomic mass is 19.4. The Labute approximate surface area is 170 Å². The zero-order valence-electron chi connectivity index (χ0n) is 16.0. The molecule has 4 rings (SSSR count). The average molecular weight is 415 g/mol. The van der Waals surface area contributed by atoms with Gasteiger partial charge in [0.25, 0.3) is 0 Å². The number of imidazole rings is 1. The SMILES string of the molecule is N#CCC(N/C=C(\C=N)n1c(C(F)(F)F)nc2cnc3[nH]ccc3c21)C1CCCC1. The Morgan fingerprint density at radius 2 is 2.20 bits per heavy atom. The monoisotopic (exact) mass is 415 g/mol. The van der Waals surface area contributed by atoms with Gasteiger partial charge in [0, 0.05) is 30.0 Å². The third kappa shape index (κ3) is 3.51. The van der Waals surface area contributed by atoms with Crippen molar-refractivity contribution in [2.75, 3.05) is 0 Å². The van der Waals surface area contributed by atoms with Crippen molar-refractivity contribution in [1.82, 2.24) is 24.8 Å². The number of allylic oxidation sites excluding steroid dienone is 1. The lowest BCUT2D eigenvalue weighted by atomic mass is 9.96. The summed E-state index contributed by atoms with van der Waals surface area (Å²) in [5.74, 6) is -0.836. The summed E-state index contributed by atoms with van der Waals surface area (Å²) in [7, 11) is 0. The Bertz CT molecular complexity index is 1140. The number of alkyl halides is 3. The molecule has 0 spiro atoms. The van der Waals surface area contributed by atoms with Crippen LogP contribution in [-0.4, -0.2) is 31.8 Å². The van der Waals surface area contributed by atoms with Gasteiger partial charge in [-0.25, -0.2) is 9.97 Å². The van der Waals surface area contributed by atoms with Crippen molar-refractivity contribution in [3.05, 3.63) is 30.5 Å². The van der Waals surface area contributed by atoms with Gasteiger partial charge in [0.15, 0.2) is 0 Å². The van der Waals surface area contributed by atoms with Crippen LogP contribution in [0, 0.1) is 22.7 Å². The molecule has 1 aliphatic rings. The summed E-state index contributed by atoms with van der Waals surface area (Å²) in [5.41, 5.74) is 0.733. The summed E-state index contributed by atoms with van der Waals surface area (Å²) in [6.07, 6.45) is 4.77. The van der Waals surface area contributed by atoms with Gasteiger partial charge >= 0.3 is 6.18 Å². The standard InChI is InChI=1S/C20H20F3N7/c21-20(22,23)19-29-16-11-28-18-14(6-8-26-18)17(16)30(19)13(9-25)10-27-15(5-7-24)12-3-1-2-4-12/h6,8-12,15,25,27H,1-5H2,(H,26,28)/b13-10+,25-9?. The summed E-state index contributed by atoms with van der Waals surface area (Å²) in [5, 5.41) is 20.6. The lowest BCUT2D eigenvalue weighted by molar-refractivity contribution is -0.145. The Hall–Kier alpha value is -3.35. The Balaban J connectivity index is 1.84. The van der Waals surface area contributed by atoms with Crippen LogP contribution < -0.4 is 5.32 Å². The number of rotatable bonds is 6. The zero-order chi connectivity index (χ0) is 21.3. The molecular formula is C20H20F3N7. The van der Waals surface area contributed by atoms with E-state index in [9.17, 15) is 13.2 Å². The number of H-pyrrole nitrogens is 1. The normalized spacial score (nSPS) is 16.8. The van der Waals surface area contributed by atoms with Gasteiger partial charge < -0.3 is 15.7 Å². The molecule has 3 aromatic heterocycles. The highest BCUT2D eigenvalue weighted by molar-refractivity contribution is 6.09. The van der Waals surface area contributed by atoms with Crippen LogP contribution in [0.2, 0.25) is 0 Å². The quantitative estimate of drug-likeness (QED) is 0.518. The zero-order valence-corrected chi connectivity index (χ0v) is 16.0. The van der Waals surface area contributed by atoms with Gasteiger partial charge in [-0.2, -0.15) is 18.4 Å². The van der Waals surface area contributed by atoms with Crippen molar-refractivity contribution >= 4 is 34.0 Å². The van der Waals surface area contributed by atoms with Gasteiger partial charge in [0.1, 0.15) is 11.2 Å². The number of aromatic amines is 1. The molecule has 0 radical (unpaired) electrons. The molecule has 1 aliphatic carbocycles. The van der Waals surface area contributed by atoms with Gasteiger partial charge in [-0.05, 0) is 24.8 Å². The lowest BCUT2D eigenvalue weighted by Gasteiger charge is -2.22. The van der Waals surface area contributed by atoms with E-state index in [1.54, 1.807) is 12.3 Å². The maximum atomic E-state index is 13.8. The fourth-order valence-electron chi connectivity index (χ4n) is 4.19. The number of nitrogens with zero attached hydrogens (tertiary/aromatic N) is 4. The molecule has 0 saturated heterocycles. The third-order valence-corrected chi connectivity index (χ3v) is 5.59. The summed E-state index contributed by atoms with van der Waals surface area (Å²) in [6, 6.07) is 3.61. The lowest BCUT2D eigenvalue weighted by Crippen LogP contribution is -2.32. The fourth-order valence-corrected chi connectivity index (χ4v) is 4.19. The van der Waals surface area contributed by atoms with Crippen LogP contribution in [0.15, 0.2) is 24.7 Å². The molecule has 0 amide bonds. The Kier molecular flexibility index (Phi) is 5.20. The molecule has 10 heteroatoms. The van der Waals surface area contributed by atoms with E-state index in [1.807, 2.05) is 0 Å². The topological polar surface area (TPSA) is 106 Å². The molecule has 156 valence electrons. The predicted octanol–water partition coefficient (Wildman–Crippen LogP) is 4.44. The molecule has 7 nitrogen and oxygen atoms in total. The molecule has 0 bridgehead atoms. The summed E-state index contributed by atoms with van der Waals surface area (Å²) in [6.45, 7) is 0. The second-order valence-electron chi connectivity index (χ2n) is 7.39.